The monoisotopic (exact) mass is 266 g/mol. The minimum Gasteiger partial charge on any atom is -0.376 e. The Bertz CT molecular complexity index is 444. The highest BCUT2D eigenvalue weighted by atomic mass is 32.2. The van der Waals surface area contributed by atoms with E-state index in [9.17, 15) is 4.79 Å². The maximum atomic E-state index is 10.8. The highest BCUT2D eigenvalue weighted by molar-refractivity contribution is 8.13. The predicted octanol–water partition coefficient (Wildman–Crippen LogP) is 2.63. The van der Waals surface area contributed by atoms with Crippen molar-refractivity contribution in [3.63, 3.8) is 0 Å². The second-order valence-electron chi connectivity index (χ2n) is 3.28. The second kappa shape index (κ2) is 7.09. The largest absolute Gasteiger partial charge is 0.376 e. The van der Waals surface area contributed by atoms with Crippen LogP contribution in [0.2, 0.25) is 0 Å². The van der Waals surface area contributed by atoms with E-state index in [1.54, 1.807) is 6.92 Å². The molecule has 1 rings (SSSR count). The summed E-state index contributed by atoms with van der Waals surface area (Å²) < 4.78 is 0. The third kappa shape index (κ3) is 5.51. The number of thioether (sulfide) groups is 1. The number of anilines is 1. The molecule has 0 unspecified atom stereocenters. The number of hydrogen-bond acceptors (Lipinski definition) is 3. The molecule has 0 aromatic heterocycles. The number of para-hydroxylation sites is 1. The van der Waals surface area contributed by atoms with Gasteiger partial charge in [-0.2, -0.15) is 0 Å². The van der Waals surface area contributed by atoms with Crippen molar-refractivity contribution < 1.29 is 4.79 Å². The minimum absolute atomic E-state index is 0.115. The summed E-state index contributed by atoms with van der Waals surface area (Å²) in [5.74, 6) is 0.663. The van der Waals surface area contributed by atoms with Crippen LogP contribution in [0.25, 0.3) is 6.08 Å². The molecule has 3 nitrogen and oxygen atoms in total. The summed E-state index contributed by atoms with van der Waals surface area (Å²) in [7, 11) is 0. The quantitative estimate of drug-likeness (QED) is 0.821. The Kier molecular flexibility index (Phi) is 5.72. The molecule has 0 aliphatic carbocycles. The van der Waals surface area contributed by atoms with E-state index in [1.807, 2.05) is 36.4 Å². The van der Waals surface area contributed by atoms with Gasteiger partial charge in [0.2, 0.25) is 0 Å². The number of thiocarbonyl (C=S) groups is 1. The first-order valence-corrected chi connectivity index (χ1v) is 6.44. The maximum absolute atomic E-state index is 10.8. The van der Waals surface area contributed by atoms with E-state index < -0.39 is 0 Å². The predicted molar refractivity (Wildman–Crippen MR) is 79.0 cm³/mol. The highest BCUT2D eigenvalue weighted by Crippen LogP contribution is 2.16. The van der Waals surface area contributed by atoms with Crippen LogP contribution in [0.1, 0.15) is 12.5 Å². The molecule has 0 aliphatic rings. The molecular formula is C12H14N2OS2. The van der Waals surface area contributed by atoms with Crippen LogP contribution in [-0.2, 0) is 4.79 Å². The summed E-state index contributed by atoms with van der Waals surface area (Å²) in [6, 6.07) is 7.69. The molecule has 0 saturated heterocycles. The molecule has 3 N–H and O–H groups in total. The number of nitrogens with one attached hydrogen (secondary N) is 1. The first-order valence-electron chi connectivity index (χ1n) is 5.05. The van der Waals surface area contributed by atoms with Gasteiger partial charge in [-0.3, -0.25) is 4.79 Å². The molecule has 1 aromatic rings. The zero-order chi connectivity index (χ0) is 12.7. The van der Waals surface area contributed by atoms with Crippen molar-refractivity contribution in [2.24, 2.45) is 5.73 Å². The fourth-order valence-corrected chi connectivity index (χ4v) is 1.77. The number of carbonyl (C=O) groups excluding carboxylic acids is 1. The summed E-state index contributed by atoms with van der Waals surface area (Å²) in [4.78, 5) is 10.8. The van der Waals surface area contributed by atoms with Gasteiger partial charge < -0.3 is 11.1 Å². The molecule has 0 radical (unpaired) electrons. The van der Waals surface area contributed by atoms with Crippen LogP contribution in [0.4, 0.5) is 5.69 Å². The normalized spacial score (nSPS) is 10.4. The maximum Gasteiger partial charge on any atom is 0.186 e. The third-order valence-corrected chi connectivity index (χ3v) is 2.77. The lowest BCUT2D eigenvalue weighted by molar-refractivity contribution is -0.109. The molecule has 0 spiro atoms. The Morgan fingerprint density at radius 2 is 2.24 bits per heavy atom. The minimum atomic E-state index is 0.115. The van der Waals surface area contributed by atoms with Crippen LogP contribution >= 0.6 is 24.0 Å². The molecule has 0 heterocycles. The number of nitrogens with two attached hydrogens (primary N) is 1. The number of hydrogen-bond donors (Lipinski definition) is 2. The van der Waals surface area contributed by atoms with E-state index in [1.165, 1.54) is 11.8 Å². The van der Waals surface area contributed by atoms with Crippen LogP contribution in [0, 0.1) is 0 Å². The summed E-state index contributed by atoms with van der Waals surface area (Å²) in [5.41, 5.74) is 7.29. The number of rotatable bonds is 4. The van der Waals surface area contributed by atoms with Gasteiger partial charge in [0.05, 0.1) is 0 Å². The lowest BCUT2D eigenvalue weighted by atomic mass is 10.1. The van der Waals surface area contributed by atoms with Crippen LogP contribution in [0.15, 0.2) is 30.3 Å². The van der Waals surface area contributed by atoms with Crippen LogP contribution < -0.4 is 11.1 Å². The first-order chi connectivity index (χ1) is 8.09. The fourth-order valence-electron chi connectivity index (χ4n) is 1.23. The zero-order valence-electron chi connectivity index (χ0n) is 9.47. The molecule has 5 heteroatoms. The molecule has 0 aliphatic heterocycles. The van der Waals surface area contributed by atoms with Gasteiger partial charge in [-0.15, -0.1) is 0 Å². The second-order valence-corrected chi connectivity index (χ2v) is 4.92. The van der Waals surface area contributed by atoms with Gasteiger partial charge >= 0.3 is 0 Å². The fraction of sp³-hybridized carbons (Fsp3) is 0.167. The van der Waals surface area contributed by atoms with Crippen molar-refractivity contribution in [3.8, 4) is 0 Å². The topological polar surface area (TPSA) is 55.1 Å². The van der Waals surface area contributed by atoms with Crippen molar-refractivity contribution in [2.45, 2.75) is 6.92 Å². The van der Waals surface area contributed by atoms with Gasteiger partial charge in [0.15, 0.2) is 10.2 Å². The van der Waals surface area contributed by atoms with Crippen molar-refractivity contribution in [2.75, 3.05) is 11.1 Å². The molecule has 0 bridgehead atoms. The molecular weight excluding hydrogens is 252 g/mol. The SMILES string of the molecule is CC(=O)SCC=Cc1ccccc1NC(N)=S. The molecule has 1 aromatic carbocycles. The number of benzene rings is 1. The summed E-state index contributed by atoms with van der Waals surface area (Å²) in [6.45, 7) is 1.56. The highest BCUT2D eigenvalue weighted by Gasteiger charge is 1.98. The van der Waals surface area contributed by atoms with E-state index in [2.05, 4.69) is 5.32 Å². The van der Waals surface area contributed by atoms with Crippen molar-refractivity contribution >= 4 is 46.0 Å². The summed E-state index contributed by atoms with van der Waals surface area (Å²) >= 11 is 6.07. The van der Waals surface area contributed by atoms with E-state index in [0.29, 0.717) is 5.75 Å². The molecule has 17 heavy (non-hydrogen) atoms. The standard InChI is InChI=1S/C12H14N2OS2/c1-9(15)17-8-4-6-10-5-2-3-7-11(10)14-12(13)16/h2-7H,8H2,1H3,(H3,13,14,16). The average molecular weight is 266 g/mol. The van der Waals surface area contributed by atoms with Crippen LogP contribution in [0.5, 0.6) is 0 Å². The van der Waals surface area contributed by atoms with E-state index in [4.69, 9.17) is 18.0 Å². The third-order valence-electron chi connectivity index (χ3n) is 1.90. The van der Waals surface area contributed by atoms with E-state index in [-0.39, 0.29) is 10.2 Å². The van der Waals surface area contributed by atoms with Crippen molar-refractivity contribution in [1.29, 1.82) is 0 Å². The molecule has 0 saturated carbocycles. The van der Waals surface area contributed by atoms with E-state index >= 15 is 0 Å². The van der Waals surface area contributed by atoms with Gasteiger partial charge in [0, 0.05) is 18.4 Å². The Morgan fingerprint density at radius 1 is 1.53 bits per heavy atom. The first kappa shape index (κ1) is 13.7. The Labute approximate surface area is 110 Å². The molecule has 0 amide bonds. The average Bonchev–Trinajstić information content (AvgIpc) is 2.25. The Hall–Kier alpha value is -1.33. The lowest BCUT2D eigenvalue weighted by Crippen LogP contribution is -2.19. The van der Waals surface area contributed by atoms with Crippen LogP contribution in [-0.4, -0.2) is 16.0 Å². The number of carbonyl (C=O) groups is 1. The van der Waals surface area contributed by atoms with E-state index in [0.717, 1.165) is 11.3 Å². The van der Waals surface area contributed by atoms with Gasteiger partial charge in [-0.25, -0.2) is 0 Å². The molecule has 0 atom stereocenters. The van der Waals surface area contributed by atoms with Gasteiger partial charge in [-0.1, -0.05) is 42.1 Å². The van der Waals surface area contributed by atoms with Crippen molar-refractivity contribution in [1.82, 2.24) is 0 Å². The Morgan fingerprint density at radius 3 is 2.88 bits per heavy atom. The van der Waals surface area contributed by atoms with Crippen molar-refractivity contribution in [3.05, 3.63) is 35.9 Å². The summed E-state index contributed by atoms with van der Waals surface area (Å²) in [5, 5.41) is 3.26. The zero-order valence-corrected chi connectivity index (χ0v) is 11.1. The van der Waals surface area contributed by atoms with Gasteiger partial charge in [0.1, 0.15) is 0 Å². The Balaban J connectivity index is 2.69. The lowest BCUT2D eigenvalue weighted by Gasteiger charge is -2.07. The van der Waals surface area contributed by atoms with Gasteiger partial charge in [0.25, 0.3) is 0 Å². The van der Waals surface area contributed by atoms with Crippen LogP contribution in [0.3, 0.4) is 0 Å². The van der Waals surface area contributed by atoms with Gasteiger partial charge in [-0.05, 0) is 23.8 Å². The smallest absolute Gasteiger partial charge is 0.186 e. The molecule has 0 fully saturated rings. The molecule has 90 valence electrons. The summed E-state index contributed by atoms with van der Waals surface area (Å²) in [6.07, 6.45) is 3.88.